The second-order valence-corrected chi connectivity index (χ2v) is 5.75. The fraction of sp³-hybridized carbons (Fsp3) is 0.538. The Hall–Kier alpha value is -0.540. The molecule has 0 bridgehead atoms. The fourth-order valence-electron chi connectivity index (χ4n) is 2.55. The fourth-order valence-corrected chi connectivity index (χ4v) is 3.15. The summed E-state index contributed by atoms with van der Waals surface area (Å²) in [5.41, 5.74) is 8.50. The number of anilines is 1. The quantitative estimate of drug-likeness (QED) is 0.891. The van der Waals surface area contributed by atoms with Crippen LogP contribution in [-0.4, -0.2) is 12.1 Å². The molecule has 2 nitrogen and oxygen atoms in total. The van der Waals surface area contributed by atoms with E-state index in [4.69, 9.17) is 5.73 Å². The van der Waals surface area contributed by atoms with E-state index in [2.05, 4.69) is 46.4 Å². The van der Waals surface area contributed by atoms with Crippen molar-refractivity contribution in [3.05, 3.63) is 28.2 Å². The van der Waals surface area contributed by atoms with Crippen LogP contribution in [-0.2, 0) is 0 Å². The Morgan fingerprint density at radius 3 is 2.56 bits per heavy atom. The van der Waals surface area contributed by atoms with Gasteiger partial charge in [0, 0.05) is 22.2 Å². The number of nitrogens with one attached hydrogen (secondary N) is 1. The van der Waals surface area contributed by atoms with Crippen molar-refractivity contribution in [2.45, 2.75) is 38.1 Å². The first kappa shape index (κ1) is 11.9. The molecule has 1 fully saturated rings. The van der Waals surface area contributed by atoms with Gasteiger partial charge in [-0.1, -0.05) is 28.8 Å². The van der Waals surface area contributed by atoms with Gasteiger partial charge in [-0.2, -0.15) is 0 Å². The highest BCUT2D eigenvalue weighted by Gasteiger charge is 2.32. The Balaban J connectivity index is 2.18. The summed E-state index contributed by atoms with van der Waals surface area (Å²) in [6.07, 6.45) is 4.96. The molecule has 0 unspecified atom stereocenters. The summed E-state index contributed by atoms with van der Waals surface area (Å²) in [6, 6.07) is 6.43. The van der Waals surface area contributed by atoms with Crippen molar-refractivity contribution in [2.24, 2.45) is 5.73 Å². The summed E-state index contributed by atoms with van der Waals surface area (Å²) in [5, 5.41) is 3.63. The number of rotatable bonds is 3. The van der Waals surface area contributed by atoms with Crippen molar-refractivity contribution >= 4 is 21.6 Å². The van der Waals surface area contributed by atoms with Crippen LogP contribution in [0.2, 0.25) is 0 Å². The van der Waals surface area contributed by atoms with Gasteiger partial charge in [-0.05, 0) is 43.5 Å². The minimum absolute atomic E-state index is 0.132. The van der Waals surface area contributed by atoms with Crippen LogP contribution in [0.4, 0.5) is 5.69 Å². The van der Waals surface area contributed by atoms with Gasteiger partial charge in [0.25, 0.3) is 0 Å². The van der Waals surface area contributed by atoms with Crippen molar-refractivity contribution < 1.29 is 0 Å². The van der Waals surface area contributed by atoms with Gasteiger partial charge in [0.1, 0.15) is 0 Å². The number of hydrogen-bond acceptors (Lipinski definition) is 2. The van der Waals surface area contributed by atoms with Crippen LogP contribution in [0.25, 0.3) is 0 Å². The Morgan fingerprint density at radius 2 is 2.00 bits per heavy atom. The second-order valence-electron chi connectivity index (χ2n) is 4.83. The van der Waals surface area contributed by atoms with Gasteiger partial charge in [0.2, 0.25) is 0 Å². The Morgan fingerprint density at radius 1 is 1.31 bits per heavy atom. The van der Waals surface area contributed by atoms with Crippen LogP contribution < -0.4 is 11.1 Å². The van der Waals surface area contributed by atoms with Crippen LogP contribution in [0.3, 0.4) is 0 Å². The lowest BCUT2D eigenvalue weighted by molar-refractivity contribution is 0.493. The third kappa shape index (κ3) is 2.58. The first-order valence-corrected chi connectivity index (χ1v) is 6.68. The van der Waals surface area contributed by atoms with Gasteiger partial charge in [-0.3, -0.25) is 0 Å². The summed E-state index contributed by atoms with van der Waals surface area (Å²) >= 11 is 3.53. The van der Waals surface area contributed by atoms with E-state index in [9.17, 15) is 0 Å². The minimum Gasteiger partial charge on any atom is -0.378 e. The highest BCUT2D eigenvalue weighted by atomic mass is 79.9. The van der Waals surface area contributed by atoms with Gasteiger partial charge in [-0.15, -0.1) is 0 Å². The summed E-state index contributed by atoms with van der Waals surface area (Å²) < 4.78 is 1.13. The number of benzene rings is 1. The molecule has 88 valence electrons. The van der Waals surface area contributed by atoms with Crippen LogP contribution >= 0.6 is 15.9 Å². The van der Waals surface area contributed by atoms with Crippen LogP contribution in [0.5, 0.6) is 0 Å². The molecule has 0 atom stereocenters. The largest absolute Gasteiger partial charge is 0.378 e. The molecule has 1 aliphatic carbocycles. The van der Waals surface area contributed by atoms with E-state index < -0.39 is 0 Å². The van der Waals surface area contributed by atoms with Crippen molar-refractivity contribution in [2.75, 3.05) is 11.9 Å². The summed E-state index contributed by atoms with van der Waals surface area (Å²) in [4.78, 5) is 0. The summed E-state index contributed by atoms with van der Waals surface area (Å²) in [5.74, 6) is 0. The van der Waals surface area contributed by atoms with Gasteiger partial charge < -0.3 is 11.1 Å². The first-order valence-electron chi connectivity index (χ1n) is 5.89. The lowest BCUT2D eigenvalue weighted by Gasteiger charge is -2.30. The zero-order valence-electron chi connectivity index (χ0n) is 9.72. The van der Waals surface area contributed by atoms with Crippen molar-refractivity contribution in [1.29, 1.82) is 0 Å². The number of aryl methyl sites for hydroxylation is 1. The van der Waals surface area contributed by atoms with Crippen LogP contribution in [0.15, 0.2) is 22.7 Å². The van der Waals surface area contributed by atoms with E-state index in [1.54, 1.807) is 0 Å². The molecule has 3 N–H and O–H groups in total. The molecular formula is C13H19BrN2. The maximum atomic E-state index is 5.92. The van der Waals surface area contributed by atoms with Crippen molar-refractivity contribution in [3.63, 3.8) is 0 Å². The van der Waals surface area contributed by atoms with E-state index >= 15 is 0 Å². The Labute approximate surface area is 106 Å². The van der Waals surface area contributed by atoms with Gasteiger partial charge in [0.15, 0.2) is 0 Å². The normalized spacial score (nSPS) is 18.7. The van der Waals surface area contributed by atoms with Crippen molar-refractivity contribution in [3.8, 4) is 0 Å². The smallest absolute Gasteiger partial charge is 0.0495 e. The van der Waals surface area contributed by atoms with E-state index in [1.807, 2.05) is 0 Å². The minimum atomic E-state index is 0.132. The molecule has 0 radical (unpaired) electrons. The molecule has 0 saturated heterocycles. The summed E-state index contributed by atoms with van der Waals surface area (Å²) in [6.45, 7) is 2.83. The third-order valence-corrected chi connectivity index (χ3v) is 3.86. The molecule has 1 saturated carbocycles. The second kappa shape index (κ2) is 4.76. The highest BCUT2D eigenvalue weighted by Crippen LogP contribution is 2.33. The lowest BCUT2D eigenvalue weighted by Crippen LogP contribution is -2.42. The van der Waals surface area contributed by atoms with Crippen molar-refractivity contribution in [1.82, 2.24) is 0 Å². The van der Waals surface area contributed by atoms with Crippen LogP contribution in [0, 0.1) is 6.92 Å². The van der Waals surface area contributed by atoms with Crippen LogP contribution in [0.1, 0.15) is 31.2 Å². The molecule has 1 aromatic rings. The first-order chi connectivity index (χ1) is 7.63. The molecule has 1 aromatic carbocycles. The maximum absolute atomic E-state index is 5.92. The molecule has 0 aromatic heterocycles. The molecule has 0 heterocycles. The molecule has 0 aliphatic heterocycles. The van der Waals surface area contributed by atoms with Gasteiger partial charge in [0.05, 0.1) is 0 Å². The number of hydrogen-bond donors (Lipinski definition) is 2. The average Bonchev–Trinajstić information content (AvgIpc) is 2.65. The van der Waals surface area contributed by atoms with E-state index in [1.165, 1.54) is 36.9 Å². The topological polar surface area (TPSA) is 38.0 Å². The molecule has 0 spiro atoms. The predicted octanol–water partition coefficient (Wildman–Crippen LogP) is 3.44. The van der Waals surface area contributed by atoms with E-state index in [0.29, 0.717) is 0 Å². The maximum Gasteiger partial charge on any atom is 0.0495 e. The average molecular weight is 283 g/mol. The molecule has 1 aliphatic rings. The standard InChI is InChI=1S/C13H19BrN2/c1-10-6-11(14)8-12(7-10)16-13(9-15)4-2-3-5-13/h6-8,16H,2-5,9,15H2,1H3. The monoisotopic (exact) mass is 282 g/mol. The lowest BCUT2D eigenvalue weighted by atomic mass is 9.97. The van der Waals surface area contributed by atoms with E-state index in [-0.39, 0.29) is 5.54 Å². The summed E-state index contributed by atoms with van der Waals surface area (Å²) in [7, 11) is 0. The molecule has 2 rings (SSSR count). The number of halogens is 1. The zero-order valence-corrected chi connectivity index (χ0v) is 11.3. The molecule has 0 amide bonds. The predicted molar refractivity (Wildman–Crippen MR) is 72.8 cm³/mol. The zero-order chi connectivity index (χ0) is 11.6. The highest BCUT2D eigenvalue weighted by molar-refractivity contribution is 9.10. The molecule has 16 heavy (non-hydrogen) atoms. The van der Waals surface area contributed by atoms with E-state index in [0.717, 1.165) is 11.0 Å². The molecular weight excluding hydrogens is 264 g/mol. The van der Waals surface area contributed by atoms with Gasteiger partial charge >= 0.3 is 0 Å². The third-order valence-electron chi connectivity index (χ3n) is 3.40. The Bertz CT molecular complexity index is 350. The number of nitrogens with two attached hydrogens (primary N) is 1. The SMILES string of the molecule is Cc1cc(Br)cc(NC2(CN)CCCC2)c1. The molecule has 3 heteroatoms. The Kier molecular flexibility index (Phi) is 3.55. The van der Waals surface area contributed by atoms with Gasteiger partial charge in [-0.25, -0.2) is 0 Å².